The van der Waals surface area contributed by atoms with Gasteiger partial charge in [-0.25, -0.2) is 0 Å². The summed E-state index contributed by atoms with van der Waals surface area (Å²) in [7, 11) is 0. The van der Waals surface area contributed by atoms with Crippen molar-refractivity contribution < 1.29 is 0 Å². The fourth-order valence-corrected chi connectivity index (χ4v) is 4.39. The normalized spacial score (nSPS) is 12.5. The molecule has 6 heteroatoms. The van der Waals surface area contributed by atoms with Crippen molar-refractivity contribution in [3.05, 3.63) is 46.9 Å². The molecule has 0 aliphatic heterocycles. The summed E-state index contributed by atoms with van der Waals surface area (Å²) in [5.41, 5.74) is 9.46. The first-order chi connectivity index (χ1) is 9.42. The number of hydrogen-bond donors (Lipinski definition) is 2. The zero-order valence-corrected chi connectivity index (χ0v) is 16.7. The van der Waals surface area contributed by atoms with E-state index in [0.29, 0.717) is 6.54 Å². The zero-order chi connectivity index (χ0) is 14.9. The van der Waals surface area contributed by atoms with Gasteiger partial charge in [-0.2, -0.15) is 0 Å². The highest BCUT2D eigenvalue weighted by Crippen LogP contribution is 2.36. The molecule has 1 unspecified atom stereocenters. The van der Waals surface area contributed by atoms with E-state index >= 15 is 0 Å². The van der Waals surface area contributed by atoms with Crippen molar-refractivity contribution in [3.63, 3.8) is 0 Å². The van der Waals surface area contributed by atoms with E-state index in [1.165, 1.54) is 16.0 Å². The molecule has 0 amide bonds. The van der Waals surface area contributed by atoms with E-state index in [9.17, 15) is 0 Å². The van der Waals surface area contributed by atoms with E-state index in [2.05, 4.69) is 85.2 Å². The highest BCUT2D eigenvalue weighted by Gasteiger charge is 2.15. The molecule has 2 aromatic rings. The van der Waals surface area contributed by atoms with Crippen LogP contribution in [0.5, 0.6) is 0 Å². The van der Waals surface area contributed by atoms with Crippen molar-refractivity contribution in [2.24, 2.45) is 5.73 Å². The average molecular weight is 483 g/mol. The van der Waals surface area contributed by atoms with Crippen molar-refractivity contribution >= 4 is 64.8 Å². The second kappa shape index (κ2) is 6.92. The van der Waals surface area contributed by atoms with E-state index in [4.69, 9.17) is 5.73 Å². The Labute approximate surface area is 148 Å². The molecule has 1 heterocycles. The quantitative estimate of drug-likeness (QED) is 0.581. The summed E-state index contributed by atoms with van der Waals surface area (Å²) in [6.07, 6.45) is 0. The molecule has 1 atom stereocenters. The van der Waals surface area contributed by atoms with Crippen LogP contribution in [0.25, 0.3) is 0 Å². The van der Waals surface area contributed by atoms with E-state index in [1.54, 1.807) is 11.3 Å². The first-order valence-electron chi connectivity index (χ1n) is 6.10. The molecule has 1 aromatic carbocycles. The Morgan fingerprint density at radius 1 is 1.15 bits per heavy atom. The Morgan fingerprint density at radius 2 is 1.75 bits per heavy atom. The van der Waals surface area contributed by atoms with Gasteiger partial charge < -0.3 is 11.1 Å². The first-order valence-corrected chi connectivity index (χ1v) is 9.30. The number of rotatable bonds is 4. The Bertz CT molecular complexity index is 582. The molecular formula is C14H15Br3N2S. The van der Waals surface area contributed by atoms with Crippen molar-refractivity contribution in [2.45, 2.75) is 19.9 Å². The number of aryl methyl sites for hydroxylation is 2. The van der Waals surface area contributed by atoms with Crippen LogP contribution in [0.4, 0.5) is 5.69 Å². The minimum Gasteiger partial charge on any atom is -0.376 e. The number of hydrogen-bond acceptors (Lipinski definition) is 3. The molecule has 0 saturated heterocycles. The minimum absolute atomic E-state index is 0.113. The predicted molar refractivity (Wildman–Crippen MR) is 98.8 cm³/mol. The maximum atomic E-state index is 5.92. The van der Waals surface area contributed by atoms with Crippen LogP contribution in [0.1, 0.15) is 22.0 Å². The summed E-state index contributed by atoms with van der Waals surface area (Å²) in [6, 6.07) is 6.50. The molecule has 108 valence electrons. The number of nitrogens with one attached hydrogen (secondary N) is 1. The zero-order valence-electron chi connectivity index (χ0n) is 11.1. The van der Waals surface area contributed by atoms with Crippen molar-refractivity contribution in [1.29, 1.82) is 0 Å². The van der Waals surface area contributed by atoms with Crippen LogP contribution in [0, 0.1) is 13.8 Å². The fraction of sp³-hybridized carbons (Fsp3) is 0.286. The highest BCUT2D eigenvalue weighted by molar-refractivity contribution is 9.13. The maximum Gasteiger partial charge on any atom is 0.0844 e. The van der Waals surface area contributed by atoms with Gasteiger partial charge in [0.1, 0.15) is 0 Å². The molecule has 0 spiro atoms. The minimum atomic E-state index is 0.113. The summed E-state index contributed by atoms with van der Waals surface area (Å²) in [5, 5.41) is 3.52. The maximum absolute atomic E-state index is 5.92. The number of anilines is 1. The van der Waals surface area contributed by atoms with Gasteiger partial charge in [0.05, 0.1) is 9.83 Å². The average Bonchev–Trinajstić information content (AvgIpc) is 2.73. The monoisotopic (exact) mass is 480 g/mol. The van der Waals surface area contributed by atoms with Gasteiger partial charge >= 0.3 is 0 Å². The molecule has 0 radical (unpaired) electrons. The molecule has 20 heavy (non-hydrogen) atoms. The Hall–Kier alpha value is 0.120. The molecule has 0 aliphatic carbocycles. The highest BCUT2D eigenvalue weighted by atomic mass is 79.9. The van der Waals surface area contributed by atoms with Crippen LogP contribution >= 0.6 is 59.1 Å². The third-order valence-electron chi connectivity index (χ3n) is 3.02. The Balaban J connectivity index is 2.26. The van der Waals surface area contributed by atoms with Gasteiger partial charge in [0.25, 0.3) is 0 Å². The van der Waals surface area contributed by atoms with Crippen LogP contribution in [0.15, 0.2) is 30.9 Å². The second-order valence-electron chi connectivity index (χ2n) is 4.63. The lowest BCUT2D eigenvalue weighted by atomic mass is 10.1. The topological polar surface area (TPSA) is 38.0 Å². The lowest BCUT2D eigenvalue weighted by Gasteiger charge is -2.18. The summed E-state index contributed by atoms with van der Waals surface area (Å²) < 4.78 is 3.32. The Morgan fingerprint density at radius 3 is 2.20 bits per heavy atom. The molecule has 3 N–H and O–H groups in total. The van der Waals surface area contributed by atoms with Crippen LogP contribution in [0.2, 0.25) is 0 Å². The van der Waals surface area contributed by atoms with Gasteiger partial charge in [-0.15, -0.1) is 11.3 Å². The van der Waals surface area contributed by atoms with Crippen LogP contribution in [-0.4, -0.2) is 6.54 Å². The van der Waals surface area contributed by atoms with Crippen molar-refractivity contribution in [2.75, 3.05) is 11.9 Å². The molecule has 0 saturated carbocycles. The third-order valence-corrected chi connectivity index (χ3v) is 7.64. The van der Waals surface area contributed by atoms with Gasteiger partial charge in [-0.1, -0.05) is 15.9 Å². The van der Waals surface area contributed by atoms with Crippen LogP contribution < -0.4 is 11.1 Å². The van der Waals surface area contributed by atoms with Crippen LogP contribution in [-0.2, 0) is 0 Å². The molecule has 1 aromatic heterocycles. The number of thiophene rings is 1. The molecule has 0 aliphatic rings. The van der Waals surface area contributed by atoms with Gasteiger partial charge in [0.2, 0.25) is 0 Å². The summed E-state index contributed by atoms with van der Waals surface area (Å²) in [6.45, 7) is 4.74. The molecule has 0 fully saturated rings. The summed E-state index contributed by atoms with van der Waals surface area (Å²) >= 11 is 12.3. The summed E-state index contributed by atoms with van der Waals surface area (Å²) in [5.74, 6) is 0. The van der Waals surface area contributed by atoms with Gasteiger partial charge in [-0.3, -0.25) is 0 Å². The smallest absolute Gasteiger partial charge is 0.0844 e. The SMILES string of the molecule is Cc1cc(NC(CN)c2cc(Br)c(Br)s2)cc(C)c1Br. The lowest BCUT2D eigenvalue weighted by Crippen LogP contribution is -2.19. The Kier molecular flexibility index (Phi) is 5.71. The van der Waals surface area contributed by atoms with Gasteiger partial charge in [-0.05, 0) is 75.0 Å². The van der Waals surface area contributed by atoms with E-state index in [1.807, 2.05) is 0 Å². The van der Waals surface area contributed by atoms with E-state index in [0.717, 1.165) is 18.4 Å². The van der Waals surface area contributed by atoms with Gasteiger partial charge in [0.15, 0.2) is 0 Å². The molecular weight excluding hydrogens is 468 g/mol. The van der Waals surface area contributed by atoms with Crippen molar-refractivity contribution in [3.8, 4) is 0 Å². The van der Waals surface area contributed by atoms with Crippen molar-refractivity contribution in [1.82, 2.24) is 0 Å². The van der Waals surface area contributed by atoms with E-state index in [-0.39, 0.29) is 6.04 Å². The second-order valence-corrected chi connectivity index (χ2v) is 8.68. The number of benzene rings is 1. The summed E-state index contributed by atoms with van der Waals surface area (Å²) in [4.78, 5) is 1.21. The molecule has 2 rings (SSSR count). The molecule has 0 bridgehead atoms. The fourth-order valence-electron chi connectivity index (χ4n) is 2.01. The van der Waals surface area contributed by atoms with E-state index < -0.39 is 0 Å². The van der Waals surface area contributed by atoms with Crippen LogP contribution in [0.3, 0.4) is 0 Å². The predicted octanol–water partition coefficient (Wildman–Crippen LogP) is 5.76. The molecule has 2 nitrogen and oxygen atoms in total. The standard InChI is InChI=1S/C14H15Br3N2S/c1-7-3-9(4-8(2)13(7)16)19-11(6-18)12-5-10(15)14(17)20-12/h3-5,11,19H,6,18H2,1-2H3. The lowest BCUT2D eigenvalue weighted by molar-refractivity contribution is 0.805. The van der Waals surface area contributed by atoms with Gasteiger partial charge in [0, 0.05) is 26.1 Å². The number of nitrogens with two attached hydrogens (primary N) is 1. The first kappa shape index (κ1) is 16.5. The third kappa shape index (κ3) is 3.65. The number of halogens is 3. The largest absolute Gasteiger partial charge is 0.376 e.